The molecule has 0 aromatic carbocycles. The second kappa shape index (κ2) is 3.84. The normalized spacial score (nSPS) is 42.0. The fourth-order valence-electron chi connectivity index (χ4n) is 3.86. The molecule has 0 bridgehead atoms. The highest BCUT2D eigenvalue weighted by molar-refractivity contribution is 4.99. The molecule has 2 aliphatic carbocycles. The summed E-state index contributed by atoms with van der Waals surface area (Å²) < 4.78 is 0. The highest BCUT2D eigenvalue weighted by Crippen LogP contribution is 2.58. The molecule has 1 spiro atoms. The van der Waals surface area contributed by atoms with Crippen LogP contribution in [0.5, 0.6) is 0 Å². The first-order valence-electron chi connectivity index (χ1n) is 6.28. The Labute approximate surface area is 88.9 Å². The van der Waals surface area contributed by atoms with Gasteiger partial charge < -0.3 is 4.90 Å². The summed E-state index contributed by atoms with van der Waals surface area (Å²) in [6.45, 7) is 3.68. The van der Waals surface area contributed by atoms with Crippen LogP contribution in [0.15, 0.2) is 0 Å². The van der Waals surface area contributed by atoms with Crippen molar-refractivity contribution >= 4 is 0 Å². The summed E-state index contributed by atoms with van der Waals surface area (Å²) >= 11 is 0. The molecule has 82 valence electrons. The molecule has 0 saturated heterocycles. The number of nitrogens with zero attached hydrogens (tertiary/aromatic N) is 1. The second-order valence-electron chi connectivity index (χ2n) is 6.05. The van der Waals surface area contributed by atoms with E-state index in [1.54, 1.807) is 6.42 Å². The van der Waals surface area contributed by atoms with Crippen LogP contribution < -0.4 is 0 Å². The number of hydrogen-bond donors (Lipinski definition) is 0. The summed E-state index contributed by atoms with van der Waals surface area (Å²) in [5, 5.41) is 0. The summed E-state index contributed by atoms with van der Waals surface area (Å²) in [6.07, 6.45) is 9.08. The minimum absolute atomic E-state index is 0.821. The molecule has 0 N–H and O–H groups in total. The maximum Gasteiger partial charge on any atom is 0.000397 e. The fraction of sp³-hybridized carbons (Fsp3) is 1.00. The smallest absolute Gasteiger partial charge is 0.000397 e. The van der Waals surface area contributed by atoms with Gasteiger partial charge in [-0.05, 0) is 63.5 Å². The lowest BCUT2D eigenvalue weighted by molar-refractivity contribution is 0.0408. The van der Waals surface area contributed by atoms with Gasteiger partial charge in [0.05, 0.1) is 0 Å². The Kier molecular flexibility index (Phi) is 2.88. The lowest BCUT2D eigenvalue weighted by atomic mass is 9.60. The van der Waals surface area contributed by atoms with Crippen molar-refractivity contribution in [2.45, 2.75) is 45.4 Å². The van der Waals surface area contributed by atoms with Crippen LogP contribution in [0.3, 0.4) is 0 Å². The fourth-order valence-corrected chi connectivity index (χ4v) is 3.86. The molecule has 0 aromatic heterocycles. The largest absolute Gasteiger partial charge is 0.309 e. The Hall–Kier alpha value is -0.0400. The van der Waals surface area contributed by atoms with Gasteiger partial charge in [0, 0.05) is 6.54 Å². The van der Waals surface area contributed by atoms with Crippen LogP contribution >= 0.6 is 0 Å². The van der Waals surface area contributed by atoms with E-state index in [1.807, 2.05) is 0 Å². The first-order chi connectivity index (χ1) is 6.63. The Morgan fingerprint density at radius 3 is 2.29 bits per heavy atom. The van der Waals surface area contributed by atoms with Gasteiger partial charge >= 0.3 is 0 Å². The van der Waals surface area contributed by atoms with Crippen molar-refractivity contribution in [2.24, 2.45) is 17.3 Å². The zero-order valence-corrected chi connectivity index (χ0v) is 10.1. The molecule has 2 saturated carbocycles. The summed E-state index contributed by atoms with van der Waals surface area (Å²) in [5.41, 5.74) is 0.821. The van der Waals surface area contributed by atoms with Crippen LogP contribution in [0.2, 0.25) is 0 Å². The van der Waals surface area contributed by atoms with E-state index < -0.39 is 0 Å². The molecule has 0 heterocycles. The van der Waals surface area contributed by atoms with E-state index in [2.05, 4.69) is 25.9 Å². The Morgan fingerprint density at radius 1 is 1.14 bits per heavy atom. The second-order valence-corrected chi connectivity index (χ2v) is 6.05. The van der Waals surface area contributed by atoms with Crippen molar-refractivity contribution in [1.29, 1.82) is 0 Å². The van der Waals surface area contributed by atoms with E-state index in [-0.39, 0.29) is 0 Å². The van der Waals surface area contributed by atoms with Crippen molar-refractivity contribution < 1.29 is 0 Å². The standard InChI is InChI=1S/C13H25N/c1-4-11-5-6-13(7-11)8-12(9-13)10-14(2)3/h11-12H,4-10H2,1-3H3. The summed E-state index contributed by atoms with van der Waals surface area (Å²) in [7, 11) is 4.41. The summed E-state index contributed by atoms with van der Waals surface area (Å²) in [4.78, 5) is 2.35. The molecule has 2 aliphatic rings. The molecule has 14 heavy (non-hydrogen) atoms. The molecule has 2 fully saturated rings. The molecule has 1 unspecified atom stereocenters. The third kappa shape index (κ3) is 1.98. The number of rotatable bonds is 3. The first kappa shape index (κ1) is 10.5. The number of hydrogen-bond acceptors (Lipinski definition) is 1. The Morgan fingerprint density at radius 2 is 1.79 bits per heavy atom. The molecule has 1 nitrogen and oxygen atoms in total. The van der Waals surface area contributed by atoms with E-state index in [0.29, 0.717) is 0 Å². The maximum absolute atomic E-state index is 2.36. The van der Waals surface area contributed by atoms with Gasteiger partial charge in [0.2, 0.25) is 0 Å². The minimum atomic E-state index is 0.821. The van der Waals surface area contributed by atoms with Crippen LogP contribution in [0.25, 0.3) is 0 Å². The molecule has 0 aromatic rings. The van der Waals surface area contributed by atoms with Crippen LogP contribution in [0.1, 0.15) is 45.4 Å². The molecule has 1 heteroatoms. The average Bonchev–Trinajstić information content (AvgIpc) is 2.47. The minimum Gasteiger partial charge on any atom is -0.309 e. The monoisotopic (exact) mass is 195 g/mol. The van der Waals surface area contributed by atoms with E-state index in [9.17, 15) is 0 Å². The molecule has 1 atom stereocenters. The zero-order valence-electron chi connectivity index (χ0n) is 10.1. The molecule has 2 rings (SSSR count). The summed E-state index contributed by atoms with van der Waals surface area (Å²) in [5.74, 6) is 2.08. The highest BCUT2D eigenvalue weighted by Gasteiger charge is 2.47. The Bertz CT molecular complexity index is 191. The molecule has 0 radical (unpaired) electrons. The molecular weight excluding hydrogens is 170 g/mol. The van der Waals surface area contributed by atoms with Gasteiger partial charge in [0.1, 0.15) is 0 Å². The predicted octanol–water partition coefficient (Wildman–Crippen LogP) is 3.15. The van der Waals surface area contributed by atoms with Crippen LogP contribution in [-0.2, 0) is 0 Å². The SMILES string of the molecule is CCC1CCC2(C1)CC(CN(C)C)C2. The van der Waals surface area contributed by atoms with Crippen molar-refractivity contribution in [2.75, 3.05) is 20.6 Å². The highest BCUT2D eigenvalue weighted by atomic mass is 15.1. The van der Waals surface area contributed by atoms with Gasteiger partial charge in [0.15, 0.2) is 0 Å². The summed E-state index contributed by atoms with van der Waals surface area (Å²) in [6, 6.07) is 0. The average molecular weight is 195 g/mol. The van der Waals surface area contributed by atoms with Gasteiger partial charge in [-0.2, -0.15) is 0 Å². The molecule has 0 aliphatic heterocycles. The molecule has 0 amide bonds. The van der Waals surface area contributed by atoms with E-state index in [1.165, 1.54) is 38.6 Å². The van der Waals surface area contributed by atoms with Gasteiger partial charge in [0.25, 0.3) is 0 Å². The lowest BCUT2D eigenvalue weighted by Gasteiger charge is -2.47. The predicted molar refractivity (Wildman–Crippen MR) is 61.3 cm³/mol. The molecular formula is C13H25N. The Balaban J connectivity index is 1.76. The third-order valence-electron chi connectivity index (χ3n) is 4.45. The van der Waals surface area contributed by atoms with Gasteiger partial charge in [-0.3, -0.25) is 0 Å². The lowest BCUT2D eigenvalue weighted by Crippen LogP contribution is -2.40. The van der Waals surface area contributed by atoms with Crippen molar-refractivity contribution in [3.63, 3.8) is 0 Å². The quantitative estimate of drug-likeness (QED) is 0.668. The van der Waals surface area contributed by atoms with Gasteiger partial charge in [-0.15, -0.1) is 0 Å². The topological polar surface area (TPSA) is 3.24 Å². The van der Waals surface area contributed by atoms with Crippen LogP contribution in [0.4, 0.5) is 0 Å². The van der Waals surface area contributed by atoms with Gasteiger partial charge in [-0.1, -0.05) is 13.3 Å². The van der Waals surface area contributed by atoms with Crippen molar-refractivity contribution in [3.05, 3.63) is 0 Å². The van der Waals surface area contributed by atoms with Crippen LogP contribution in [0, 0.1) is 17.3 Å². The van der Waals surface area contributed by atoms with Crippen LogP contribution in [-0.4, -0.2) is 25.5 Å². The van der Waals surface area contributed by atoms with Gasteiger partial charge in [-0.25, -0.2) is 0 Å². The van der Waals surface area contributed by atoms with Crippen molar-refractivity contribution in [1.82, 2.24) is 4.90 Å². The van der Waals surface area contributed by atoms with E-state index in [0.717, 1.165) is 17.3 Å². The first-order valence-corrected chi connectivity index (χ1v) is 6.28. The van der Waals surface area contributed by atoms with Crippen molar-refractivity contribution in [3.8, 4) is 0 Å². The van der Waals surface area contributed by atoms with E-state index in [4.69, 9.17) is 0 Å². The van der Waals surface area contributed by atoms with E-state index >= 15 is 0 Å². The maximum atomic E-state index is 2.36. The third-order valence-corrected chi connectivity index (χ3v) is 4.45. The zero-order chi connectivity index (χ0) is 10.2.